The molecular formula is C22H26FIN2O3. The first-order valence-electron chi connectivity index (χ1n) is 9.52. The molecule has 0 aliphatic heterocycles. The molecule has 0 radical (unpaired) electrons. The molecule has 2 aromatic carbocycles. The number of carbonyl (C=O) groups is 2. The minimum absolute atomic E-state index is 0.0395. The molecule has 7 heteroatoms. The van der Waals surface area contributed by atoms with E-state index in [4.69, 9.17) is 4.74 Å². The van der Waals surface area contributed by atoms with Crippen molar-refractivity contribution in [2.75, 3.05) is 6.61 Å². The summed E-state index contributed by atoms with van der Waals surface area (Å²) in [4.78, 5) is 27.2. The third kappa shape index (κ3) is 7.30. The van der Waals surface area contributed by atoms with E-state index in [1.54, 1.807) is 24.3 Å². The van der Waals surface area contributed by atoms with E-state index in [0.29, 0.717) is 12.2 Å². The molecule has 0 saturated heterocycles. The molecule has 0 bridgehead atoms. The normalized spacial score (nSPS) is 11.8. The van der Waals surface area contributed by atoms with Gasteiger partial charge in [-0.1, -0.05) is 19.1 Å². The summed E-state index contributed by atoms with van der Waals surface area (Å²) in [5, 5.41) is 2.87. The maximum atomic E-state index is 13.3. The maximum Gasteiger partial charge on any atom is 0.261 e. The first-order chi connectivity index (χ1) is 13.8. The van der Waals surface area contributed by atoms with E-state index in [-0.39, 0.29) is 36.8 Å². The van der Waals surface area contributed by atoms with Crippen LogP contribution in [0.1, 0.15) is 32.8 Å². The lowest BCUT2D eigenvalue weighted by Crippen LogP contribution is -2.51. The highest BCUT2D eigenvalue weighted by Gasteiger charge is 2.29. The highest BCUT2D eigenvalue weighted by atomic mass is 127. The Bertz CT molecular complexity index is 810. The molecule has 5 nitrogen and oxygen atoms in total. The molecule has 0 aliphatic rings. The predicted molar refractivity (Wildman–Crippen MR) is 119 cm³/mol. The number of carbonyl (C=O) groups excluding carboxylic acids is 2. The van der Waals surface area contributed by atoms with Crippen LogP contribution in [0.3, 0.4) is 0 Å². The van der Waals surface area contributed by atoms with Crippen LogP contribution in [0, 0.1) is 9.39 Å². The van der Waals surface area contributed by atoms with Gasteiger partial charge in [0.2, 0.25) is 5.91 Å². The number of hydrogen-bond donors (Lipinski definition) is 1. The molecule has 0 fully saturated rings. The van der Waals surface area contributed by atoms with Crippen LogP contribution < -0.4 is 10.1 Å². The molecule has 0 spiro atoms. The third-order valence-corrected chi connectivity index (χ3v) is 4.98. The van der Waals surface area contributed by atoms with E-state index < -0.39 is 6.04 Å². The van der Waals surface area contributed by atoms with Gasteiger partial charge in [0.15, 0.2) is 6.61 Å². The molecule has 1 N–H and O–H groups in total. The lowest BCUT2D eigenvalue weighted by molar-refractivity contribution is -0.143. The second-order valence-electron chi connectivity index (χ2n) is 6.98. The first-order valence-corrected chi connectivity index (χ1v) is 10.6. The highest BCUT2D eigenvalue weighted by molar-refractivity contribution is 14.1. The molecule has 29 heavy (non-hydrogen) atoms. The monoisotopic (exact) mass is 512 g/mol. The summed E-state index contributed by atoms with van der Waals surface area (Å²) in [6.45, 7) is 5.61. The minimum Gasteiger partial charge on any atom is -0.484 e. The van der Waals surface area contributed by atoms with E-state index in [2.05, 4.69) is 27.9 Å². The topological polar surface area (TPSA) is 58.6 Å². The van der Waals surface area contributed by atoms with Gasteiger partial charge in [-0.05, 0) is 84.8 Å². The van der Waals surface area contributed by atoms with E-state index in [0.717, 1.165) is 9.13 Å². The van der Waals surface area contributed by atoms with Gasteiger partial charge < -0.3 is 15.0 Å². The maximum absolute atomic E-state index is 13.3. The van der Waals surface area contributed by atoms with E-state index >= 15 is 0 Å². The Morgan fingerprint density at radius 1 is 1.10 bits per heavy atom. The van der Waals surface area contributed by atoms with Gasteiger partial charge in [0.1, 0.15) is 17.6 Å². The Morgan fingerprint density at radius 2 is 1.72 bits per heavy atom. The van der Waals surface area contributed by atoms with Gasteiger partial charge in [-0.3, -0.25) is 9.59 Å². The zero-order chi connectivity index (χ0) is 21.4. The summed E-state index contributed by atoms with van der Waals surface area (Å²) in [7, 11) is 0. The molecule has 2 rings (SSSR count). The van der Waals surface area contributed by atoms with Gasteiger partial charge in [-0.15, -0.1) is 0 Å². The van der Waals surface area contributed by atoms with Crippen molar-refractivity contribution < 1.29 is 18.7 Å². The van der Waals surface area contributed by atoms with Gasteiger partial charge >= 0.3 is 0 Å². The molecular weight excluding hydrogens is 486 g/mol. The summed E-state index contributed by atoms with van der Waals surface area (Å²) in [6.07, 6.45) is 0.453. The van der Waals surface area contributed by atoms with Gasteiger partial charge in [0.25, 0.3) is 5.91 Å². The Balaban J connectivity index is 2.18. The SMILES string of the molecule is CCC(C(=O)NC(C)C)N(Cc1ccc(F)cc1)C(=O)COc1ccc(I)cc1. The van der Waals surface area contributed by atoms with Gasteiger partial charge in [-0.2, -0.15) is 0 Å². The fraction of sp³-hybridized carbons (Fsp3) is 0.364. The van der Waals surface area contributed by atoms with Crippen molar-refractivity contribution >= 4 is 34.4 Å². The number of rotatable bonds is 9. The number of halogens is 2. The third-order valence-electron chi connectivity index (χ3n) is 4.26. The number of nitrogens with zero attached hydrogens (tertiary/aromatic N) is 1. The van der Waals surface area contributed by atoms with Crippen LogP contribution in [0.5, 0.6) is 5.75 Å². The Kier molecular flexibility index (Phi) is 8.88. The van der Waals surface area contributed by atoms with Crippen molar-refractivity contribution in [1.29, 1.82) is 0 Å². The number of nitrogens with one attached hydrogen (secondary N) is 1. The van der Waals surface area contributed by atoms with Crippen molar-refractivity contribution in [2.24, 2.45) is 0 Å². The lowest BCUT2D eigenvalue weighted by atomic mass is 10.1. The fourth-order valence-corrected chi connectivity index (χ4v) is 3.21. The Hall–Kier alpha value is -2.16. The van der Waals surface area contributed by atoms with Crippen LogP contribution in [0.15, 0.2) is 48.5 Å². The quantitative estimate of drug-likeness (QED) is 0.514. The number of amides is 2. The fourth-order valence-electron chi connectivity index (χ4n) is 2.85. The van der Waals surface area contributed by atoms with Gasteiger partial charge in [-0.25, -0.2) is 4.39 Å². The van der Waals surface area contributed by atoms with Gasteiger partial charge in [0.05, 0.1) is 0 Å². The molecule has 0 aliphatic carbocycles. The molecule has 2 amide bonds. The predicted octanol–water partition coefficient (Wildman–Crippen LogP) is 4.14. The zero-order valence-corrected chi connectivity index (χ0v) is 19.0. The summed E-state index contributed by atoms with van der Waals surface area (Å²) in [5.41, 5.74) is 0.741. The van der Waals surface area contributed by atoms with Crippen molar-refractivity contribution in [1.82, 2.24) is 10.2 Å². The highest BCUT2D eigenvalue weighted by Crippen LogP contribution is 2.16. The number of ether oxygens (including phenoxy) is 1. The van der Waals surface area contributed by atoms with E-state index in [1.807, 2.05) is 32.9 Å². The summed E-state index contributed by atoms with van der Waals surface area (Å²) >= 11 is 2.19. The average molecular weight is 512 g/mol. The van der Waals surface area contributed by atoms with Crippen LogP contribution in [0.25, 0.3) is 0 Å². The number of benzene rings is 2. The Labute approximate surface area is 184 Å². The van der Waals surface area contributed by atoms with E-state index in [1.165, 1.54) is 17.0 Å². The van der Waals surface area contributed by atoms with Crippen molar-refractivity contribution in [3.63, 3.8) is 0 Å². The van der Waals surface area contributed by atoms with Crippen LogP contribution in [-0.2, 0) is 16.1 Å². The molecule has 156 valence electrons. The molecule has 1 atom stereocenters. The average Bonchev–Trinajstić information content (AvgIpc) is 2.68. The second kappa shape index (κ2) is 11.1. The minimum atomic E-state index is -0.643. The molecule has 0 aromatic heterocycles. The summed E-state index contributed by atoms with van der Waals surface area (Å²) in [5.74, 6) is -0.288. The van der Waals surface area contributed by atoms with Crippen molar-refractivity contribution in [2.45, 2.75) is 45.8 Å². The van der Waals surface area contributed by atoms with Gasteiger partial charge in [0, 0.05) is 16.2 Å². The van der Waals surface area contributed by atoms with Crippen LogP contribution in [-0.4, -0.2) is 35.4 Å². The van der Waals surface area contributed by atoms with Crippen LogP contribution >= 0.6 is 22.6 Å². The van der Waals surface area contributed by atoms with Crippen molar-refractivity contribution in [3.8, 4) is 5.75 Å². The zero-order valence-electron chi connectivity index (χ0n) is 16.8. The lowest BCUT2D eigenvalue weighted by Gasteiger charge is -2.31. The van der Waals surface area contributed by atoms with Crippen LogP contribution in [0.4, 0.5) is 4.39 Å². The molecule has 2 aromatic rings. The number of hydrogen-bond acceptors (Lipinski definition) is 3. The van der Waals surface area contributed by atoms with E-state index in [9.17, 15) is 14.0 Å². The Morgan fingerprint density at radius 3 is 2.28 bits per heavy atom. The van der Waals surface area contributed by atoms with Crippen LogP contribution in [0.2, 0.25) is 0 Å². The first kappa shape index (κ1) is 23.1. The molecule has 1 unspecified atom stereocenters. The second-order valence-corrected chi connectivity index (χ2v) is 8.22. The largest absolute Gasteiger partial charge is 0.484 e. The summed E-state index contributed by atoms with van der Waals surface area (Å²) < 4.78 is 19.9. The standard InChI is InChI=1S/C22H26FIN2O3/c1-4-20(22(28)25-15(2)3)26(13-16-5-7-17(23)8-6-16)21(27)14-29-19-11-9-18(24)10-12-19/h5-12,15,20H,4,13-14H2,1-3H3,(H,25,28). The van der Waals surface area contributed by atoms with Crippen molar-refractivity contribution in [3.05, 3.63) is 63.5 Å². The molecule has 0 heterocycles. The molecule has 0 saturated carbocycles. The smallest absolute Gasteiger partial charge is 0.261 e. The summed E-state index contributed by atoms with van der Waals surface area (Å²) in [6, 6.07) is 12.6.